The molecule has 5 rings (SSSR count). The number of aromatic amines is 1. The maximum Gasteiger partial charge on any atom is 0.257 e. The summed E-state index contributed by atoms with van der Waals surface area (Å²) in [5, 5.41) is 4.13. The Kier molecular flexibility index (Phi) is 5.93. The van der Waals surface area contributed by atoms with Crippen LogP contribution in [0.1, 0.15) is 24.5 Å². The van der Waals surface area contributed by atoms with Crippen LogP contribution in [-0.4, -0.2) is 62.0 Å². The number of carbonyl (C=O) groups is 1. The van der Waals surface area contributed by atoms with Gasteiger partial charge in [-0.15, -0.1) is 0 Å². The summed E-state index contributed by atoms with van der Waals surface area (Å²) < 4.78 is 5.42. The van der Waals surface area contributed by atoms with Crippen LogP contribution in [0.2, 0.25) is 0 Å². The van der Waals surface area contributed by atoms with Crippen LogP contribution in [0.4, 0.5) is 0 Å². The van der Waals surface area contributed by atoms with Crippen molar-refractivity contribution in [3.05, 3.63) is 66.2 Å². The summed E-state index contributed by atoms with van der Waals surface area (Å²) in [7, 11) is 0. The Labute approximate surface area is 186 Å². The average Bonchev–Trinajstić information content (AvgIpc) is 3.39. The van der Waals surface area contributed by atoms with E-state index in [1.165, 1.54) is 0 Å². The Hall–Kier alpha value is -3.52. The van der Waals surface area contributed by atoms with E-state index in [1.807, 2.05) is 59.5 Å². The molecule has 0 saturated carbocycles. The second-order valence-electron chi connectivity index (χ2n) is 8.09. The molecule has 0 unspecified atom stereocenters. The molecule has 164 valence electrons. The van der Waals surface area contributed by atoms with Crippen molar-refractivity contribution in [2.75, 3.05) is 26.2 Å². The van der Waals surface area contributed by atoms with Crippen molar-refractivity contribution in [2.24, 2.45) is 0 Å². The number of aromatic nitrogens is 4. The third-order valence-corrected chi connectivity index (χ3v) is 5.81. The van der Waals surface area contributed by atoms with Crippen molar-refractivity contribution in [2.45, 2.75) is 25.8 Å². The van der Waals surface area contributed by atoms with E-state index in [4.69, 9.17) is 4.52 Å². The summed E-state index contributed by atoms with van der Waals surface area (Å²) in [6.45, 7) is 3.81. The van der Waals surface area contributed by atoms with Gasteiger partial charge >= 0.3 is 0 Å². The van der Waals surface area contributed by atoms with Crippen LogP contribution in [0, 0.1) is 0 Å². The molecule has 4 aromatic rings. The lowest BCUT2D eigenvalue weighted by Crippen LogP contribution is -2.35. The lowest BCUT2D eigenvalue weighted by molar-refractivity contribution is -0.131. The van der Waals surface area contributed by atoms with Gasteiger partial charge in [-0.3, -0.25) is 9.69 Å². The molecule has 1 aliphatic heterocycles. The smallest absolute Gasteiger partial charge is 0.257 e. The summed E-state index contributed by atoms with van der Waals surface area (Å²) in [5.41, 5.74) is 2.87. The minimum absolute atomic E-state index is 0.179. The van der Waals surface area contributed by atoms with Gasteiger partial charge in [0.1, 0.15) is 5.82 Å². The Morgan fingerprint density at radius 3 is 2.69 bits per heavy atom. The standard InChI is InChI=1S/C24H26N6O2/c31-23(12-11-21-25-19-9-4-5-10-20(19)26-21)30-14-6-13-29(15-16-30)17-22-27-24(32-28-22)18-7-2-1-3-8-18/h1-5,7-10H,6,11-17H2,(H,25,26). The van der Waals surface area contributed by atoms with E-state index in [2.05, 4.69) is 25.0 Å². The number of benzene rings is 2. The minimum Gasteiger partial charge on any atom is -0.342 e. The Morgan fingerprint density at radius 1 is 0.969 bits per heavy atom. The van der Waals surface area contributed by atoms with E-state index in [0.717, 1.165) is 48.5 Å². The SMILES string of the molecule is O=C(CCc1nc2ccccc2[nH]1)N1CCCN(Cc2noc(-c3ccccc3)n2)CC1. The summed E-state index contributed by atoms with van der Waals surface area (Å²) in [6.07, 6.45) is 2.02. The number of aryl methyl sites for hydroxylation is 1. The molecule has 0 bridgehead atoms. The van der Waals surface area contributed by atoms with Gasteiger partial charge in [-0.2, -0.15) is 4.98 Å². The normalized spacial score (nSPS) is 15.2. The zero-order valence-corrected chi connectivity index (χ0v) is 17.9. The average molecular weight is 431 g/mol. The Bertz CT molecular complexity index is 1150. The molecule has 8 heteroatoms. The second-order valence-corrected chi connectivity index (χ2v) is 8.09. The Morgan fingerprint density at radius 2 is 1.81 bits per heavy atom. The molecule has 1 fully saturated rings. The van der Waals surface area contributed by atoms with Gasteiger partial charge in [-0.25, -0.2) is 4.98 Å². The Balaban J connectivity index is 1.13. The van der Waals surface area contributed by atoms with E-state index < -0.39 is 0 Å². The van der Waals surface area contributed by atoms with Gasteiger partial charge in [-0.05, 0) is 30.7 Å². The highest BCUT2D eigenvalue weighted by Crippen LogP contribution is 2.17. The summed E-state index contributed by atoms with van der Waals surface area (Å²) in [4.78, 5) is 29.4. The van der Waals surface area contributed by atoms with Gasteiger partial charge in [-0.1, -0.05) is 35.5 Å². The van der Waals surface area contributed by atoms with Crippen LogP contribution in [0.25, 0.3) is 22.5 Å². The third-order valence-electron chi connectivity index (χ3n) is 5.81. The number of amides is 1. The topological polar surface area (TPSA) is 91.2 Å². The maximum absolute atomic E-state index is 12.8. The van der Waals surface area contributed by atoms with Gasteiger partial charge in [0.05, 0.1) is 17.6 Å². The first-order valence-corrected chi connectivity index (χ1v) is 11.1. The number of nitrogens with one attached hydrogen (secondary N) is 1. The molecule has 32 heavy (non-hydrogen) atoms. The van der Waals surface area contributed by atoms with E-state index in [0.29, 0.717) is 37.6 Å². The summed E-state index contributed by atoms with van der Waals surface area (Å²) in [6, 6.07) is 17.7. The number of nitrogens with zero attached hydrogens (tertiary/aromatic N) is 5. The molecule has 0 radical (unpaired) electrons. The number of carbonyl (C=O) groups excluding carboxylic acids is 1. The van der Waals surface area contributed by atoms with E-state index in [1.54, 1.807) is 0 Å². The lowest BCUT2D eigenvalue weighted by Gasteiger charge is -2.21. The van der Waals surface area contributed by atoms with Crippen molar-refractivity contribution < 1.29 is 9.32 Å². The lowest BCUT2D eigenvalue weighted by atomic mass is 10.2. The molecule has 0 aliphatic carbocycles. The molecule has 1 N–H and O–H groups in total. The van der Waals surface area contributed by atoms with Gasteiger partial charge in [0, 0.05) is 44.6 Å². The van der Waals surface area contributed by atoms with Crippen molar-refractivity contribution in [1.82, 2.24) is 29.9 Å². The van der Waals surface area contributed by atoms with Gasteiger partial charge in [0.2, 0.25) is 5.91 Å². The zero-order chi connectivity index (χ0) is 21.8. The number of imidazole rings is 1. The predicted molar refractivity (Wildman–Crippen MR) is 121 cm³/mol. The third kappa shape index (κ3) is 4.70. The molecule has 1 aliphatic rings. The molecule has 0 atom stereocenters. The molecule has 0 spiro atoms. The molecule has 2 aromatic heterocycles. The highest BCUT2D eigenvalue weighted by atomic mass is 16.5. The summed E-state index contributed by atoms with van der Waals surface area (Å²) in [5.74, 6) is 2.26. The fourth-order valence-electron chi connectivity index (χ4n) is 4.10. The highest BCUT2D eigenvalue weighted by Gasteiger charge is 2.21. The van der Waals surface area contributed by atoms with Gasteiger partial charge < -0.3 is 14.4 Å². The monoisotopic (exact) mass is 430 g/mol. The van der Waals surface area contributed by atoms with Gasteiger partial charge in [0.25, 0.3) is 5.89 Å². The molecule has 2 aromatic carbocycles. The van der Waals surface area contributed by atoms with E-state index in [9.17, 15) is 4.79 Å². The molecule has 8 nitrogen and oxygen atoms in total. The molecular weight excluding hydrogens is 404 g/mol. The van der Waals surface area contributed by atoms with Crippen LogP contribution < -0.4 is 0 Å². The van der Waals surface area contributed by atoms with Crippen LogP contribution in [-0.2, 0) is 17.8 Å². The van der Waals surface area contributed by atoms with Crippen LogP contribution in [0.5, 0.6) is 0 Å². The number of rotatable bonds is 6. The van der Waals surface area contributed by atoms with Crippen molar-refractivity contribution in [3.8, 4) is 11.5 Å². The van der Waals surface area contributed by atoms with Crippen molar-refractivity contribution >= 4 is 16.9 Å². The number of hydrogen-bond donors (Lipinski definition) is 1. The fraction of sp³-hybridized carbons (Fsp3) is 0.333. The minimum atomic E-state index is 0.179. The first kappa shape index (κ1) is 20.4. The van der Waals surface area contributed by atoms with Gasteiger partial charge in [0.15, 0.2) is 5.82 Å². The van der Waals surface area contributed by atoms with Crippen LogP contribution >= 0.6 is 0 Å². The number of para-hydroxylation sites is 2. The summed E-state index contributed by atoms with van der Waals surface area (Å²) >= 11 is 0. The largest absolute Gasteiger partial charge is 0.342 e. The molecule has 3 heterocycles. The number of hydrogen-bond acceptors (Lipinski definition) is 6. The first-order chi connectivity index (χ1) is 15.7. The maximum atomic E-state index is 12.8. The molecule has 1 amide bonds. The fourth-order valence-corrected chi connectivity index (χ4v) is 4.10. The predicted octanol–water partition coefficient (Wildman–Crippen LogP) is 3.28. The first-order valence-electron chi connectivity index (χ1n) is 11.1. The quantitative estimate of drug-likeness (QED) is 0.505. The van der Waals surface area contributed by atoms with E-state index in [-0.39, 0.29) is 5.91 Å². The molecular formula is C24H26N6O2. The molecule has 1 saturated heterocycles. The number of fused-ring (bicyclic) bond motifs is 1. The van der Waals surface area contributed by atoms with Crippen molar-refractivity contribution in [3.63, 3.8) is 0 Å². The van der Waals surface area contributed by atoms with Crippen LogP contribution in [0.3, 0.4) is 0 Å². The second kappa shape index (κ2) is 9.32. The number of H-pyrrole nitrogens is 1. The van der Waals surface area contributed by atoms with Crippen LogP contribution in [0.15, 0.2) is 59.1 Å². The van der Waals surface area contributed by atoms with Crippen molar-refractivity contribution in [1.29, 1.82) is 0 Å². The highest BCUT2D eigenvalue weighted by molar-refractivity contribution is 5.77. The van der Waals surface area contributed by atoms with E-state index >= 15 is 0 Å². The zero-order valence-electron chi connectivity index (χ0n) is 17.9.